The van der Waals surface area contributed by atoms with Crippen molar-refractivity contribution in [3.05, 3.63) is 94.8 Å². The third-order valence-corrected chi connectivity index (χ3v) is 10.2. The quantitative estimate of drug-likeness (QED) is 0.0524. The van der Waals surface area contributed by atoms with Crippen molar-refractivity contribution in [2.45, 2.75) is 58.0 Å². The summed E-state index contributed by atoms with van der Waals surface area (Å²) in [5.74, 6) is -1.21. The Morgan fingerprint density at radius 3 is 2.33 bits per heavy atom. The van der Waals surface area contributed by atoms with Crippen molar-refractivity contribution in [2.24, 2.45) is 31.9 Å². The minimum absolute atomic E-state index is 0.0139. The Kier molecular flexibility index (Phi) is 13.2. The second-order valence-corrected chi connectivity index (χ2v) is 15.3. The van der Waals surface area contributed by atoms with Crippen molar-refractivity contribution in [2.75, 3.05) is 36.9 Å². The number of hydrogen-bond donors (Lipinski definition) is 4. The number of anilines is 2. The number of benzene rings is 1. The van der Waals surface area contributed by atoms with Crippen LogP contribution in [0.15, 0.2) is 66.1 Å². The summed E-state index contributed by atoms with van der Waals surface area (Å²) in [6.45, 7) is 8.62. The zero-order valence-electron chi connectivity index (χ0n) is 34.5. The van der Waals surface area contributed by atoms with Gasteiger partial charge in [-0.05, 0) is 68.5 Å². The van der Waals surface area contributed by atoms with E-state index in [-0.39, 0.29) is 62.1 Å². The monoisotopic (exact) mass is 821 g/mol. The fourth-order valence-corrected chi connectivity index (χ4v) is 7.12. The normalized spacial score (nSPS) is 14.9. The molecule has 1 aromatic carbocycles. The van der Waals surface area contributed by atoms with Crippen LogP contribution in [0.5, 0.6) is 5.75 Å². The summed E-state index contributed by atoms with van der Waals surface area (Å²) in [5, 5.41) is 8.42. The summed E-state index contributed by atoms with van der Waals surface area (Å²) in [5.41, 5.74) is 10.9. The first-order valence-electron chi connectivity index (χ1n) is 19.7. The Morgan fingerprint density at radius 1 is 0.900 bits per heavy atom. The summed E-state index contributed by atoms with van der Waals surface area (Å²) in [7, 11) is 5.10. The Hall–Kier alpha value is -6.75. The molecule has 316 valence electrons. The van der Waals surface area contributed by atoms with Gasteiger partial charge in [0.2, 0.25) is 5.91 Å². The van der Waals surface area contributed by atoms with E-state index in [1.165, 1.54) is 6.92 Å². The first kappa shape index (κ1) is 42.8. The second kappa shape index (κ2) is 18.4. The average molecular weight is 822 g/mol. The zero-order valence-corrected chi connectivity index (χ0v) is 34.5. The molecule has 5 N–H and O–H groups in total. The Labute approximate surface area is 347 Å². The number of amides is 4. The molecular formula is C43H51N9O8. The number of nitrogens with one attached hydrogen (secondary N) is 3. The number of nitrogens with two attached hydrogens (primary N) is 1. The van der Waals surface area contributed by atoms with Crippen LogP contribution < -0.4 is 26.4 Å². The van der Waals surface area contributed by atoms with Crippen LogP contribution in [-0.4, -0.2) is 98.6 Å². The van der Waals surface area contributed by atoms with Crippen LogP contribution in [0, 0.1) is 6.92 Å². The molecule has 4 aromatic rings. The highest BCUT2D eigenvalue weighted by atomic mass is 16.5. The van der Waals surface area contributed by atoms with Gasteiger partial charge >= 0.3 is 5.97 Å². The largest absolute Gasteiger partial charge is 0.493 e. The van der Waals surface area contributed by atoms with Crippen molar-refractivity contribution in [3.8, 4) is 5.75 Å². The number of aromatic nitrogens is 3. The topological polar surface area (TPSA) is 213 Å². The van der Waals surface area contributed by atoms with Gasteiger partial charge in [-0.2, -0.15) is 0 Å². The maximum Gasteiger partial charge on any atom is 0.322 e. The highest BCUT2D eigenvalue weighted by Crippen LogP contribution is 2.35. The lowest BCUT2D eigenvalue weighted by molar-refractivity contribution is -0.144. The third kappa shape index (κ3) is 10.1. The molecule has 2 atom stereocenters. The van der Waals surface area contributed by atoms with E-state index >= 15 is 0 Å². The SMILES string of the molecule is C=C1C[C@H]2C=Nc3cc(OCCCC(=O)Nc4cc(C(=O)Cc5cc(C(=O)Nc6cc(C(=O)NCCCOC(=O)[C@H](C)N)n(C)c6)n(C)c5)n(C)c4)c(C)cc3C(=O)N2C1. The van der Waals surface area contributed by atoms with Crippen molar-refractivity contribution in [3.63, 3.8) is 0 Å². The molecular weight excluding hydrogens is 771 g/mol. The number of nitrogens with zero attached hydrogens (tertiary/aromatic N) is 5. The fraction of sp³-hybridized carbons (Fsp3) is 0.372. The molecule has 3 aromatic heterocycles. The number of esters is 1. The third-order valence-electron chi connectivity index (χ3n) is 10.2. The molecule has 17 nitrogen and oxygen atoms in total. The summed E-state index contributed by atoms with van der Waals surface area (Å²) < 4.78 is 15.9. The van der Waals surface area contributed by atoms with Crippen LogP contribution in [0.2, 0.25) is 0 Å². The molecule has 2 aliphatic rings. The standard InChI is InChI=1S/C43H51N9O8/c1-25-13-31-20-46-33-19-38(26(2)14-32(33)42(57)52(31)21-25)59-11-7-9-39(54)47-29-17-34(50(5)23-29)37(53)16-28-15-35(49(4)22-28)41(56)48-30-18-36(51(6)24-30)40(55)45-10-8-12-60-43(58)27(3)44/h14-15,17-20,22-24,27,31H,1,7-13,16,21,44H2,2-6H3,(H,45,55)(H,47,54)(H,48,56)/t27-,31-/m0/s1. The van der Waals surface area contributed by atoms with E-state index in [0.29, 0.717) is 76.8 Å². The lowest BCUT2D eigenvalue weighted by Gasteiger charge is -2.20. The molecule has 0 aliphatic carbocycles. The van der Waals surface area contributed by atoms with Gasteiger partial charge < -0.3 is 49.8 Å². The molecule has 0 bridgehead atoms. The fourth-order valence-electron chi connectivity index (χ4n) is 7.12. The van der Waals surface area contributed by atoms with Gasteiger partial charge in [0.1, 0.15) is 23.2 Å². The first-order chi connectivity index (χ1) is 28.6. The van der Waals surface area contributed by atoms with E-state index in [4.69, 9.17) is 15.2 Å². The molecule has 0 radical (unpaired) electrons. The van der Waals surface area contributed by atoms with Crippen LogP contribution >= 0.6 is 0 Å². The molecule has 0 spiro atoms. The number of aliphatic imine (C=N–C) groups is 1. The summed E-state index contributed by atoms with van der Waals surface area (Å²) in [6.07, 6.45) is 8.52. The molecule has 1 fully saturated rings. The Bertz CT molecular complexity index is 2380. The van der Waals surface area contributed by atoms with Gasteiger partial charge in [0.05, 0.1) is 47.6 Å². The number of aryl methyl sites for hydroxylation is 4. The van der Waals surface area contributed by atoms with Gasteiger partial charge in [0.15, 0.2) is 5.78 Å². The van der Waals surface area contributed by atoms with E-state index in [9.17, 15) is 28.8 Å². The molecule has 0 unspecified atom stereocenters. The van der Waals surface area contributed by atoms with Gasteiger partial charge in [-0.15, -0.1) is 0 Å². The molecule has 2 aliphatic heterocycles. The average Bonchev–Trinajstić information content (AvgIpc) is 3.95. The smallest absolute Gasteiger partial charge is 0.322 e. The molecule has 0 saturated carbocycles. The van der Waals surface area contributed by atoms with Gasteiger partial charge in [-0.25, -0.2) is 0 Å². The highest BCUT2D eigenvalue weighted by Gasteiger charge is 2.34. The minimum atomic E-state index is -0.715. The zero-order chi connectivity index (χ0) is 43.2. The molecule has 1 saturated heterocycles. The molecule has 6 rings (SSSR count). The number of fused-ring (bicyclic) bond motifs is 2. The van der Waals surface area contributed by atoms with E-state index in [2.05, 4.69) is 27.5 Å². The summed E-state index contributed by atoms with van der Waals surface area (Å²) in [4.78, 5) is 83.2. The molecule has 17 heteroatoms. The van der Waals surface area contributed by atoms with Crippen molar-refractivity contribution in [1.82, 2.24) is 23.9 Å². The lowest BCUT2D eigenvalue weighted by Crippen LogP contribution is -2.35. The molecule has 60 heavy (non-hydrogen) atoms. The van der Waals surface area contributed by atoms with Crippen molar-refractivity contribution < 1.29 is 38.2 Å². The van der Waals surface area contributed by atoms with Crippen LogP contribution in [0.4, 0.5) is 17.1 Å². The van der Waals surface area contributed by atoms with E-state index in [0.717, 1.165) is 11.1 Å². The van der Waals surface area contributed by atoms with Crippen LogP contribution in [0.3, 0.4) is 0 Å². The number of Topliss-reactive ketones (excluding diaryl/α,β-unsaturated/α-hetero) is 1. The summed E-state index contributed by atoms with van der Waals surface area (Å²) in [6, 6.07) is 7.57. The predicted molar refractivity (Wildman–Crippen MR) is 225 cm³/mol. The van der Waals surface area contributed by atoms with Crippen LogP contribution in [0.25, 0.3) is 0 Å². The minimum Gasteiger partial charge on any atom is -0.493 e. The predicted octanol–water partition coefficient (Wildman–Crippen LogP) is 3.98. The van der Waals surface area contributed by atoms with Gasteiger partial charge in [0, 0.05) is 77.9 Å². The molecule has 5 heterocycles. The van der Waals surface area contributed by atoms with Gasteiger partial charge in [0.25, 0.3) is 17.7 Å². The number of carbonyl (C=O) groups is 6. The van der Waals surface area contributed by atoms with Gasteiger partial charge in [-0.1, -0.05) is 12.2 Å². The first-order valence-corrected chi connectivity index (χ1v) is 19.7. The second-order valence-electron chi connectivity index (χ2n) is 15.3. The number of rotatable bonds is 17. The maximum atomic E-state index is 13.4. The number of hydrogen-bond acceptors (Lipinski definition) is 10. The van der Waals surface area contributed by atoms with Crippen LogP contribution in [-0.2, 0) is 41.9 Å². The van der Waals surface area contributed by atoms with E-state index in [1.54, 1.807) is 94.9 Å². The Balaban J connectivity index is 0.956. The van der Waals surface area contributed by atoms with E-state index < -0.39 is 17.9 Å². The number of ether oxygens (including phenoxy) is 2. The van der Waals surface area contributed by atoms with E-state index in [1.807, 2.05) is 6.92 Å². The number of carbonyl (C=O) groups excluding carboxylic acids is 6. The lowest BCUT2D eigenvalue weighted by atomic mass is 10.1. The van der Waals surface area contributed by atoms with Crippen molar-refractivity contribution >= 4 is 58.7 Å². The summed E-state index contributed by atoms with van der Waals surface area (Å²) >= 11 is 0. The maximum absolute atomic E-state index is 13.4. The molecule has 4 amide bonds. The number of ketones is 1. The highest BCUT2D eigenvalue weighted by molar-refractivity contribution is 6.05. The van der Waals surface area contributed by atoms with Crippen LogP contribution in [0.1, 0.15) is 85.6 Å². The van der Waals surface area contributed by atoms with Gasteiger partial charge in [-0.3, -0.25) is 33.8 Å². The van der Waals surface area contributed by atoms with Crippen molar-refractivity contribution in [1.29, 1.82) is 0 Å². The Morgan fingerprint density at radius 2 is 1.58 bits per heavy atom.